The smallest absolute Gasteiger partial charge is 0.355 e. The predicted octanol–water partition coefficient (Wildman–Crippen LogP) is 4.66. The number of carbonyl (C=O) groups is 2. The van der Waals surface area contributed by atoms with E-state index in [4.69, 9.17) is 25.2 Å². The van der Waals surface area contributed by atoms with Gasteiger partial charge in [-0.25, -0.2) is 24.5 Å². The second kappa shape index (κ2) is 11.8. The zero-order valence-electron chi connectivity index (χ0n) is 23.3. The van der Waals surface area contributed by atoms with Crippen LogP contribution in [0.1, 0.15) is 46.5 Å². The van der Waals surface area contributed by atoms with Crippen molar-refractivity contribution in [2.75, 3.05) is 20.8 Å². The van der Waals surface area contributed by atoms with Gasteiger partial charge in [-0.05, 0) is 61.9 Å². The second-order valence-corrected chi connectivity index (χ2v) is 9.73. The number of carbonyl (C=O) groups excluding carboxylic acids is 1. The largest absolute Gasteiger partial charge is 0.494 e. The Bertz CT molecular complexity index is 1760. The number of ether oxygens (including phenoxy) is 2. The summed E-state index contributed by atoms with van der Waals surface area (Å²) in [7, 11) is 4.79. The van der Waals surface area contributed by atoms with E-state index in [9.17, 15) is 14.7 Å². The lowest BCUT2D eigenvalue weighted by Crippen LogP contribution is -2.06. The van der Waals surface area contributed by atoms with E-state index in [0.717, 1.165) is 42.3 Å². The third-order valence-electron chi connectivity index (χ3n) is 7.17. The minimum atomic E-state index is -1.11. The molecule has 0 atom stereocenters. The van der Waals surface area contributed by atoms with Crippen LogP contribution in [0.5, 0.6) is 5.75 Å². The number of aryl methyl sites for hydroxylation is 2. The Hall–Kier alpha value is -4.77. The Morgan fingerprint density at radius 2 is 1.83 bits per heavy atom. The summed E-state index contributed by atoms with van der Waals surface area (Å²) in [6, 6.07) is 12.5. The van der Waals surface area contributed by atoms with Crippen LogP contribution in [0.15, 0.2) is 48.7 Å². The molecule has 0 saturated carbocycles. The molecule has 0 saturated heterocycles. The molecule has 0 spiro atoms. The number of pyridine rings is 2. The van der Waals surface area contributed by atoms with Crippen molar-refractivity contribution in [3.8, 4) is 28.5 Å². The Morgan fingerprint density at radius 3 is 2.56 bits per heavy atom. The maximum absolute atomic E-state index is 12.3. The molecule has 41 heavy (non-hydrogen) atoms. The average molecular weight is 557 g/mol. The van der Waals surface area contributed by atoms with Crippen molar-refractivity contribution in [1.29, 1.82) is 0 Å². The van der Waals surface area contributed by atoms with E-state index in [2.05, 4.69) is 9.55 Å². The van der Waals surface area contributed by atoms with E-state index in [1.165, 1.54) is 13.3 Å². The maximum Gasteiger partial charge on any atom is 0.355 e. The van der Waals surface area contributed by atoms with Gasteiger partial charge in [0.2, 0.25) is 0 Å². The summed E-state index contributed by atoms with van der Waals surface area (Å²) in [5.74, 6) is -0.406. The number of carboxylic acids is 1. The fourth-order valence-corrected chi connectivity index (χ4v) is 5.17. The first-order valence-corrected chi connectivity index (χ1v) is 13.4. The quantitative estimate of drug-likeness (QED) is 0.175. The van der Waals surface area contributed by atoms with E-state index >= 15 is 0 Å². The third kappa shape index (κ3) is 5.23. The summed E-state index contributed by atoms with van der Waals surface area (Å²) in [6.07, 6.45) is 5.35. The van der Waals surface area contributed by atoms with E-state index in [0.29, 0.717) is 52.6 Å². The number of nitrogens with zero attached hydrogens (tertiary/aromatic N) is 5. The topological polar surface area (TPSA) is 147 Å². The van der Waals surface area contributed by atoms with Gasteiger partial charge in [-0.1, -0.05) is 12.8 Å². The van der Waals surface area contributed by atoms with Gasteiger partial charge in [-0.3, -0.25) is 0 Å². The number of hydrogen-bond donors (Lipinski definition) is 2. The van der Waals surface area contributed by atoms with Crippen LogP contribution in [0.3, 0.4) is 0 Å². The molecule has 11 heteroatoms. The molecule has 1 aromatic carbocycles. The van der Waals surface area contributed by atoms with Gasteiger partial charge < -0.3 is 29.4 Å². The lowest BCUT2D eigenvalue weighted by atomic mass is 10.1. The first-order valence-electron chi connectivity index (χ1n) is 13.4. The fourth-order valence-electron chi connectivity index (χ4n) is 5.17. The minimum absolute atomic E-state index is 0.0525. The van der Waals surface area contributed by atoms with Crippen LogP contribution >= 0.6 is 0 Å². The number of esters is 1. The van der Waals surface area contributed by atoms with Gasteiger partial charge in [-0.15, -0.1) is 0 Å². The van der Waals surface area contributed by atoms with Gasteiger partial charge >= 0.3 is 11.9 Å². The third-order valence-corrected chi connectivity index (χ3v) is 7.17. The highest BCUT2D eigenvalue weighted by Gasteiger charge is 2.22. The molecular weight excluding hydrogens is 524 g/mol. The van der Waals surface area contributed by atoms with Crippen molar-refractivity contribution < 1.29 is 24.2 Å². The molecule has 0 radical (unpaired) electrons. The number of benzene rings is 1. The van der Waals surface area contributed by atoms with Crippen LogP contribution in [0, 0.1) is 0 Å². The standard InChI is InChI=1S/C30H32N6O5/c1-35-26-22(15-19(30(39)41-3)17-24(26)40-2)34-28(35)23-16-18-10-11-21(20-9-8-13-32-25(20)29(37)38)33-27(18)36(23)14-7-5-4-6-12-31/h8-11,13,15-17H,4-7,12,14,31H2,1-3H3,(H,37,38). The number of unbranched alkanes of at least 4 members (excludes halogenated alkanes) is 3. The number of nitrogens with two attached hydrogens (primary N) is 1. The molecule has 3 N–H and O–H groups in total. The molecular formula is C30H32N6O5. The molecule has 4 heterocycles. The molecule has 11 nitrogen and oxygen atoms in total. The van der Waals surface area contributed by atoms with E-state index < -0.39 is 11.9 Å². The van der Waals surface area contributed by atoms with Crippen molar-refractivity contribution in [1.82, 2.24) is 24.1 Å². The molecule has 0 aliphatic heterocycles. The number of hydrogen-bond acceptors (Lipinski definition) is 8. The zero-order valence-corrected chi connectivity index (χ0v) is 23.3. The maximum atomic E-state index is 12.3. The Labute approximate surface area is 236 Å². The van der Waals surface area contributed by atoms with E-state index in [1.807, 2.05) is 29.8 Å². The summed E-state index contributed by atoms with van der Waals surface area (Å²) in [6.45, 7) is 1.33. The SMILES string of the molecule is COC(=O)c1cc(OC)c2c(c1)nc(-c1cc3ccc(-c4cccnc4C(=O)O)nc3n1CCCCCCN)n2C. The molecule has 212 valence electrons. The molecule has 0 amide bonds. The fraction of sp³-hybridized carbons (Fsp3) is 0.300. The predicted molar refractivity (Wildman–Crippen MR) is 155 cm³/mol. The Kier molecular flexibility index (Phi) is 7.97. The lowest BCUT2D eigenvalue weighted by Gasteiger charge is -2.12. The molecule has 0 aliphatic rings. The van der Waals surface area contributed by atoms with Crippen LogP contribution in [0.4, 0.5) is 0 Å². The lowest BCUT2D eigenvalue weighted by molar-refractivity contribution is 0.0599. The highest BCUT2D eigenvalue weighted by molar-refractivity contribution is 5.98. The highest BCUT2D eigenvalue weighted by atomic mass is 16.5. The number of aromatic carboxylic acids is 1. The molecule has 0 unspecified atom stereocenters. The van der Waals surface area contributed by atoms with Gasteiger partial charge in [0, 0.05) is 30.7 Å². The van der Waals surface area contributed by atoms with Crippen molar-refractivity contribution in [2.24, 2.45) is 12.8 Å². The molecule has 0 aliphatic carbocycles. The van der Waals surface area contributed by atoms with Gasteiger partial charge in [0.05, 0.1) is 36.7 Å². The molecule has 5 aromatic rings. The number of rotatable bonds is 11. The van der Waals surface area contributed by atoms with E-state index in [-0.39, 0.29) is 5.69 Å². The Morgan fingerprint density at radius 1 is 1.02 bits per heavy atom. The van der Waals surface area contributed by atoms with Gasteiger partial charge in [0.25, 0.3) is 0 Å². The van der Waals surface area contributed by atoms with Crippen LogP contribution < -0.4 is 10.5 Å². The number of methoxy groups -OCH3 is 2. The summed E-state index contributed by atoms with van der Waals surface area (Å²) in [5.41, 5.74) is 9.84. The van der Waals surface area contributed by atoms with Crippen molar-refractivity contribution in [2.45, 2.75) is 32.2 Å². The van der Waals surface area contributed by atoms with Crippen LogP contribution in [-0.2, 0) is 18.3 Å². The number of aromatic nitrogens is 5. The average Bonchev–Trinajstić information content (AvgIpc) is 3.52. The van der Waals surface area contributed by atoms with E-state index in [1.54, 1.807) is 31.4 Å². The van der Waals surface area contributed by atoms with Crippen molar-refractivity contribution >= 4 is 34.0 Å². The molecule has 0 bridgehead atoms. The van der Waals surface area contributed by atoms with Crippen LogP contribution in [0.25, 0.3) is 44.8 Å². The number of imidazole rings is 1. The zero-order chi connectivity index (χ0) is 29.1. The van der Waals surface area contributed by atoms with Crippen molar-refractivity contribution in [3.05, 3.63) is 59.9 Å². The second-order valence-electron chi connectivity index (χ2n) is 9.73. The Balaban J connectivity index is 1.68. The van der Waals surface area contributed by atoms with Gasteiger partial charge in [-0.2, -0.15) is 0 Å². The molecule has 0 fully saturated rings. The first kappa shape index (κ1) is 27.8. The van der Waals surface area contributed by atoms with Crippen molar-refractivity contribution in [3.63, 3.8) is 0 Å². The minimum Gasteiger partial charge on any atom is -0.494 e. The molecule has 5 rings (SSSR count). The van der Waals surface area contributed by atoms with Crippen LogP contribution in [0.2, 0.25) is 0 Å². The van der Waals surface area contributed by atoms with Crippen LogP contribution in [-0.4, -0.2) is 61.9 Å². The summed E-state index contributed by atoms with van der Waals surface area (Å²) >= 11 is 0. The summed E-state index contributed by atoms with van der Waals surface area (Å²) in [4.78, 5) is 38.0. The monoisotopic (exact) mass is 556 g/mol. The van der Waals surface area contributed by atoms with Gasteiger partial charge in [0.15, 0.2) is 11.5 Å². The normalized spacial score (nSPS) is 11.3. The number of fused-ring (bicyclic) bond motifs is 2. The molecule has 4 aromatic heterocycles. The summed E-state index contributed by atoms with van der Waals surface area (Å²) < 4.78 is 14.6. The summed E-state index contributed by atoms with van der Waals surface area (Å²) in [5, 5.41) is 10.6. The number of carboxylic acid groups (broad SMARTS) is 1. The van der Waals surface area contributed by atoms with Gasteiger partial charge in [0.1, 0.15) is 16.9 Å². The first-order chi connectivity index (χ1) is 19.9. The highest BCUT2D eigenvalue weighted by Crippen LogP contribution is 2.35.